The SMILES string of the molecule is COc1ccc(Nn2c(N)nn(CC(=O)c3ccccc3C)c2=S)cc1. The molecule has 134 valence electrons. The molecule has 0 fully saturated rings. The molecule has 1 heterocycles. The maximum atomic E-state index is 12.5. The molecule has 26 heavy (non-hydrogen) atoms. The molecule has 1 aromatic heterocycles. The Morgan fingerprint density at radius 3 is 2.58 bits per heavy atom. The summed E-state index contributed by atoms with van der Waals surface area (Å²) in [6.45, 7) is 1.91. The Kier molecular flexibility index (Phi) is 5.04. The molecule has 0 aliphatic heterocycles. The van der Waals surface area contributed by atoms with E-state index >= 15 is 0 Å². The summed E-state index contributed by atoms with van der Waals surface area (Å²) in [4.78, 5) is 12.5. The second kappa shape index (κ2) is 7.40. The average Bonchev–Trinajstić information content (AvgIpc) is 2.90. The van der Waals surface area contributed by atoms with Gasteiger partial charge in [0, 0.05) is 5.56 Å². The molecule has 0 bridgehead atoms. The van der Waals surface area contributed by atoms with E-state index in [9.17, 15) is 4.79 Å². The lowest BCUT2D eigenvalue weighted by Gasteiger charge is -2.08. The van der Waals surface area contributed by atoms with Crippen molar-refractivity contribution in [2.24, 2.45) is 0 Å². The molecule has 3 N–H and O–H groups in total. The molecule has 0 atom stereocenters. The number of Topliss-reactive ketones (excluding diaryl/α,β-unsaturated/α-hetero) is 1. The van der Waals surface area contributed by atoms with Gasteiger partial charge < -0.3 is 10.5 Å². The van der Waals surface area contributed by atoms with Gasteiger partial charge in [-0.15, -0.1) is 5.10 Å². The predicted octanol–water partition coefficient (Wildman–Crippen LogP) is 3.07. The number of aryl methyl sites for hydroxylation is 1. The Morgan fingerprint density at radius 1 is 1.23 bits per heavy atom. The first-order chi connectivity index (χ1) is 12.5. The first kappa shape index (κ1) is 17.7. The van der Waals surface area contributed by atoms with Gasteiger partial charge in [-0.2, -0.15) is 4.68 Å². The van der Waals surface area contributed by atoms with E-state index in [0.717, 1.165) is 17.0 Å². The third-order valence-electron chi connectivity index (χ3n) is 3.93. The number of anilines is 2. The first-order valence-corrected chi connectivity index (χ1v) is 8.35. The van der Waals surface area contributed by atoms with Crippen LogP contribution in [0.4, 0.5) is 11.6 Å². The van der Waals surface area contributed by atoms with Crippen molar-refractivity contribution < 1.29 is 9.53 Å². The van der Waals surface area contributed by atoms with Gasteiger partial charge in [-0.1, -0.05) is 24.3 Å². The number of methoxy groups -OCH3 is 1. The van der Waals surface area contributed by atoms with Crippen LogP contribution in [0.25, 0.3) is 0 Å². The number of hydrogen-bond acceptors (Lipinski definition) is 6. The Bertz CT molecular complexity index is 992. The number of nitrogens with zero attached hydrogens (tertiary/aromatic N) is 3. The zero-order valence-electron chi connectivity index (χ0n) is 14.5. The molecule has 3 aromatic rings. The fraction of sp³-hybridized carbons (Fsp3) is 0.167. The summed E-state index contributed by atoms with van der Waals surface area (Å²) in [5.74, 6) is 0.836. The van der Waals surface area contributed by atoms with Crippen molar-refractivity contribution in [1.29, 1.82) is 0 Å². The van der Waals surface area contributed by atoms with E-state index in [1.54, 1.807) is 13.2 Å². The number of benzene rings is 2. The normalized spacial score (nSPS) is 10.5. The molecule has 3 rings (SSSR count). The molecule has 0 saturated heterocycles. The van der Waals surface area contributed by atoms with Crippen molar-refractivity contribution in [3.63, 3.8) is 0 Å². The molecule has 0 amide bonds. The summed E-state index contributed by atoms with van der Waals surface area (Å²) in [6.07, 6.45) is 0. The number of ketones is 1. The predicted molar refractivity (Wildman–Crippen MR) is 103 cm³/mol. The molecule has 0 unspecified atom stereocenters. The Hall–Kier alpha value is -3.13. The monoisotopic (exact) mass is 369 g/mol. The maximum absolute atomic E-state index is 12.5. The maximum Gasteiger partial charge on any atom is 0.240 e. The number of ether oxygens (including phenoxy) is 1. The van der Waals surface area contributed by atoms with Crippen molar-refractivity contribution >= 4 is 29.6 Å². The molecular weight excluding hydrogens is 350 g/mol. The number of rotatable bonds is 6. The van der Waals surface area contributed by atoms with E-state index in [1.165, 1.54) is 9.36 Å². The van der Waals surface area contributed by atoms with E-state index in [1.807, 2.05) is 49.4 Å². The summed E-state index contributed by atoms with van der Waals surface area (Å²) in [5, 5.41) is 4.18. The molecule has 0 radical (unpaired) electrons. The second-order valence-electron chi connectivity index (χ2n) is 5.71. The topological polar surface area (TPSA) is 87.1 Å². The number of aromatic nitrogens is 3. The Labute approximate surface area is 156 Å². The van der Waals surface area contributed by atoms with Gasteiger partial charge in [0.25, 0.3) is 0 Å². The summed E-state index contributed by atoms with van der Waals surface area (Å²) >= 11 is 5.41. The van der Waals surface area contributed by atoms with Gasteiger partial charge >= 0.3 is 0 Å². The highest BCUT2D eigenvalue weighted by atomic mass is 32.1. The highest BCUT2D eigenvalue weighted by molar-refractivity contribution is 7.71. The minimum absolute atomic E-state index is 0.0190. The average molecular weight is 369 g/mol. The van der Waals surface area contributed by atoms with E-state index in [-0.39, 0.29) is 18.3 Å². The van der Waals surface area contributed by atoms with Crippen molar-refractivity contribution in [2.45, 2.75) is 13.5 Å². The van der Waals surface area contributed by atoms with Crippen LogP contribution in [0.5, 0.6) is 5.75 Å². The number of carbonyl (C=O) groups excluding carboxylic acids is 1. The van der Waals surface area contributed by atoms with Crippen LogP contribution in [0, 0.1) is 11.7 Å². The van der Waals surface area contributed by atoms with Gasteiger partial charge in [-0.3, -0.25) is 10.2 Å². The zero-order valence-corrected chi connectivity index (χ0v) is 15.3. The minimum Gasteiger partial charge on any atom is -0.497 e. The van der Waals surface area contributed by atoms with E-state index in [0.29, 0.717) is 10.3 Å². The van der Waals surface area contributed by atoms with Crippen molar-refractivity contribution in [3.05, 3.63) is 64.4 Å². The summed E-state index contributed by atoms with van der Waals surface area (Å²) < 4.78 is 8.31. The molecule has 8 heteroatoms. The van der Waals surface area contributed by atoms with Crippen LogP contribution in [-0.4, -0.2) is 27.3 Å². The largest absolute Gasteiger partial charge is 0.497 e. The highest BCUT2D eigenvalue weighted by Gasteiger charge is 2.14. The summed E-state index contributed by atoms with van der Waals surface area (Å²) in [7, 11) is 1.60. The number of carbonyl (C=O) groups is 1. The van der Waals surface area contributed by atoms with Gasteiger partial charge in [0.2, 0.25) is 10.7 Å². The Morgan fingerprint density at radius 2 is 1.92 bits per heavy atom. The molecule has 0 aliphatic rings. The van der Waals surface area contributed by atoms with Crippen LogP contribution < -0.4 is 15.9 Å². The lowest BCUT2D eigenvalue weighted by atomic mass is 10.1. The molecule has 0 aliphatic carbocycles. The van der Waals surface area contributed by atoms with Gasteiger partial charge in [-0.25, -0.2) is 4.68 Å². The van der Waals surface area contributed by atoms with Gasteiger partial charge in [0.05, 0.1) is 12.8 Å². The fourth-order valence-corrected chi connectivity index (χ4v) is 2.78. The third-order valence-corrected chi connectivity index (χ3v) is 4.33. The number of nitrogens with one attached hydrogen (secondary N) is 1. The zero-order chi connectivity index (χ0) is 18.7. The lowest BCUT2D eigenvalue weighted by Crippen LogP contribution is -2.15. The van der Waals surface area contributed by atoms with E-state index < -0.39 is 0 Å². The number of nitrogens with two attached hydrogens (primary N) is 1. The van der Waals surface area contributed by atoms with Crippen LogP contribution in [0.2, 0.25) is 0 Å². The molecule has 0 saturated carbocycles. The summed E-state index contributed by atoms with van der Waals surface area (Å²) in [6, 6.07) is 14.7. The third kappa shape index (κ3) is 3.60. The van der Waals surface area contributed by atoms with Crippen LogP contribution in [0.3, 0.4) is 0 Å². The molecule has 7 nitrogen and oxygen atoms in total. The van der Waals surface area contributed by atoms with Gasteiger partial charge in [-0.05, 0) is 49.0 Å². The lowest BCUT2D eigenvalue weighted by molar-refractivity contribution is 0.0966. The van der Waals surface area contributed by atoms with Crippen molar-refractivity contribution in [2.75, 3.05) is 18.3 Å². The number of hydrogen-bond donors (Lipinski definition) is 2. The first-order valence-electron chi connectivity index (χ1n) is 7.95. The highest BCUT2D eigenvalue weighted by Crippen LogP contribution is 2.16. The quantitative estimate of drug-likeness (QED) is 0.513. The second-order valence-corrected chi connectivity index (χ2v) is 6.08. The van der Waals surface area contributed by atoms with Crippen molar-refractivity contribution in [1.82, 2.24) is 14.5 Å². The fourth-order valence-electron chi connectivity index (χ4n) is 2.53. The standard InChI is InChI=1S/C18H19N5O2S/c1-12-5-3-4-6-15(12)16(24)11-22-18(26)23(17(19)21-22)20-13-7-9-14(25-2)10-8-13/h3-10,20H,11H2,1-2H3,(H2,19,21). The minimum atomic E-state index is -0.0757. The number of nitrogen functional groups attached to an aromatic ring is 1. The van der Waals surface area contributed by atoms with E-state index in [4.69, 9.17) is 22.7 Å². The molecular formula is C18H19N5O2S. The van der Waals surface area contributed by atoms with Crippen LogP contribution in [-0.2, 0) is 6.54 Å². The van der Waals surface area contributed by atoms with Crippen LogP contribution in [0.15, 0.2) is 48.5 Å². The summed E-state index contributed by atoms with van der Waals surface area (Å²) in [5.41, 5.74) is 11.3. The molecule has 2 aromatic carbocycles. The van der Waals surface area contributed by atoms with E-state index in [2.05, 4.69) is 10.5 Å². The smallest absolute Gasteiger partial charge is 0.240 e. The van der Waals surface area contributed by atoms with Crippen molar-refractivity contribution in [3.8, 4) is 5.75 Å². The van der Waals surface area contributed by atoms with Crippen LogP contribution in [0.1, 0.15) is 15.9 Å². The van der Waals surface area contributed by atoms with Crippen LogP contribution >= 0.6 is 12.2 Å². The van der Waals surface area contributed by atoms with Gasteiger partial charge in [0.15, 0.2) is 5.78 Å². The van der Waals surface area contributed by atoms with Gasteiger partial charge in [0.1, 0.15) is 12.3 Å². The molecule has 0 spiro atoms. The Balaban J connectivity index is 1.82.